The predicted octanol–water partition coefficient (Wildman–Crippen LogP) is 2.75. The minimum atomic E-state index is 0.312. The molecule has 0 spiro atoms. The molecule has 1 aromatic heterocycles. The summed E-state index contributed by atoms with van der Waals surface area (Å²) in [4.78, 5) is 9.38. The number of ether oxygens (including phenoxy) is 2. The Kier molecular flexibility index (Phi) is 8.55. The van der Waals surface area contributed by atoms with Crippen LogP contribution in [0.1, 0.15) is 50.8 Å². The lowest BCUT2D eigenvalue weighted by Gasteiger charge is -2.25. The highest BCUT2D eigenvalue weighted by atomic mass is 16.5. The Bertz CT molecular complexity index is 864. The van der Waals surface area contributed by atoms with Crippen LogP contribution in [-0.2, 0) is 25.8 Å². The maximum absolute atomic E-state index is 5.68. The molecule has 0 fully saturated rings. The first kappa shape index (κ1) is 22.9. The van der Waals surface area contributed by atoms with Crippen LogP contribution in [0.4, 0.5) is 0 Å². The standard InChI is InChI=1S/C23H36N6O2/c1-5-21-27-22-13-11-18(16-29(22)28-21)26-23(24-6-2)25-14-8-9-17-10-12-19(30-4)20(15-17)31-7-3/h10,12,15,18H,5-9,11,13-14,16H2,1-4H3,(H2,24,25,26). The molecule has 2 aromatic rings. The van der Waals surface area contributed by atoms with Crippen LogP contribution in [0.15, 0.2) is 23.2 Å². The number of methoxy groups -OCH3 is 1. The van der Waals surface area contributed by atoms with E-state index in [1.807, 2.05) is 17.7 Å². The highest BCUT2D eigenvalue weighted by Crippen LogP contribution is 2.28. The van der Waals surface area contributed by atoms with Crippen molar-refractivity contribution < 1.29 is 9.47 Å². The van der Waals surface area contributed by atoms with Crippen LogP contribution in [0, 0.1) is 0 Å². The molecule has 1 unspecified atom stereocenters. The molecule has 2 heterocycles. The number of guanidine groups is 1. The van der Waals surface area contributed by atoms with Gasteiger partial charge in [-0.2, -0.15) is 5.10 Å². The molecule has 1 aliphatic rings. The van der Waals surface area contributed by atoms with Crippen molar-refractivity contribution in [2.45, 2.75) is 65.5 Å². The van der Waals surface area contributed by atoms with E-state index in [1.165, 1.54) is 5.56 Å². The summed E-state index contributed by atoms with van der Waals surface area (Å²) < 4.78 is 13.1. The molecule has 1 atom stereocenters. The van der Waals surface area contributed by atoms with Gasteiger partial charge in [0.05, 0.1) is 20.3 Å². The molecular weight excluding hydrogens is 392 g/mol. The smallest absolute Gasteiger partial charge is 0.191 e. The maximum Gasteiger partial charge on any atom is 0.191 e. The minimum Gasteiger partial charge on any atom is -0.493 e. The van der Waals surface area contributed by atoms with E-state index in [4.69, 9.17) is 14.5 Å². The van der Waals surface area contributed by atoms with Crippen LogP contribution >= 0.6 is 0 Å². The van der Waals surface area contributed by atoms with Crippen molar-refractivity contribution in [3.05, 3.63) is 35.4 Å². The third-order valence-corrected chi connectivity index (χ3v) is 5.32. The van der Waals surface area contributed by atoms with Gasteiger partial charge in [0.25, 0.3) is 0 Å². The molecule has 3 rings (SSSR count). The van der Waals surface area contributed by atoms with Crippen LogP contribution in [0.5, 0.6) is 11.5 Å². The molecule has 0 bridgehead atoms. The Morgan fingerprint density at radius 2 is 2.13 bits per heavy atom. The lowest BCUT2D eigenvalue weighted by atomic mass is 10.1. The van der Waals surface area contributed by atoms with Gasteiger partial charge in [-0.05, 0) is 50.8 Å². The molecule has 8 nitrogen and oxygen atoms in total. The van der Waals surface area contributed by atoms with Crippen molar-refractivity contribution in [1.82, 2.24) is 25.4 Å². The Morgan fingerprint density at radius 3 is 2.87 bits per heavy atom. The quantitative estimate of drug-likeness (QED) is 0.344. The average Bonchev–Trinajstić information content (AvgIpc) is 3.20. The Balaban J connectivity index is 1.52. The van der Waals surface area contributed by atoms with E-state index in [2.05, 4.69) is 46.7 Å². The third-order valence-electron chi connectivity index (χ3n) is 5.32. The fraction of sp³-hybridized carbons (Fsp3) is 0.609. The van der Waals surface area contributed by atoms with Gasteiger partial charge in [0.1, 0.15) is 5.82 Å². The molecule has 170 valence electrons. The zero-order valence-corrected chi connectivity index (χ0v) is 19.3. The SMILES string of the molecule is CCNC(=NCCCc1ccc(OC)c(OCC)c1)NC1CCc2nc(CC)nn2C1. The monoisotopic (exact) mass is 428 g/mol. The maximum atomic E-state index is 5.68. The number of hydrogen-bond donors (Lipinski definition) is 2. The predicted molar refractivity (Wildman–Crippen MR) is 123 cm³/mol. The highest BCUT2D eigenvalue weighted by Gasteiger charge is 2.22. The van der Waals surface area contributed by atoms with Crippen molar-refractivity contribution in [3.8, 4) is 11.5 Å². The van der Waals surface area contributed by atoms with Gasteiger partial charge in [0.15, 0.2) is 23.3 Å². The zero-order chi connectivity index (χ0) is 22.1. The third kappa shape index (κ3) is 6.35. The topological polar surface area (TPSA) is 85.6 Å². The summed E-state index contributed by atoms with van der Waals surface area (Å²) in [5, 5.41) is 11.5. The van der Waals surface area contributed by atoms with Crippen LogP contribution in [0.25, 0.3) is 0 Å². The molecule has 31 heavy (non-hydrogen) atoms. The number of aromatic nitrogens is 3. The first-order valence-corrected chi connectivity index (χ1v) is 11.4. The van der Waals surface area contributed by atoms with E-state index in [0.29, 0.717) is 12.6 Å². The average molecular weight is 429 g/mol. The molecule has 2 N–H and O–H groups in total. The molecule has 1 aliphatic heterocycles. The van der Waals surface area contributed by atoms with Gasteiger partial charge in [-0.15, -0.1) is 0 Å². The summed E-state index contributed by atoms with van der Waals surface area (Å²) in [6.07, 6.45) is 4.77. The van der Waals surface area contributed by atoms with E-state index < -0.39 is 0 Å². The fourth-order valence-electron chi connectivity index (χ4n) is 3.76. The van der Waals surface area contributed by atoms with E-state index >= 15 is 0 Å². The largest absolute Gasteiger partial charge is 0.493 e. The minimum absolute atomic E-state index is 0.312. The summed E-state index contributed by atoms with van der Waals surface area (Å²) in [5.74, 6) is 4.48. The summed E-state index contributed by atoms with van der Waals surface area (Å²) in [6.45, 7) is 9.21. The lowest BCUT2D eigenvalue weighted by molar-refractivity contribution is 0.310. The molecular formula is C23H36N6O2. The van der Waals surface area contributed by atoms with Crippen molar-refractivity contribution in [3.63, 3.8) is 0 Å². The van der Waals surface area contributed by atoms with Gasteiger partial charge in [0, 0.05) is 32.0 Å². The van der Waals surface area contributed by atoms with Crippen molar-refractivity contribution >= 4 is 5.96 Å². The van der Waals surface area contributed by atoms with Gasteiger partial charge in [-0.1, -0.05) is 13.0 Å². The van der Waals surface area contributed by atoms with E-state index in [1.54, 1.807) is 7.11 Å². The van der Waals surface area contributed by atoms with Crippen molar-refractivity contribution in [2.24, 2.45) is 4.99 Å². The molecule has 0 saturated carbocycles. The van der Waals surface area contributed by atoms with Gasteiger partial charge < -0.3 is 20.1 Å². The van der Waals surface area contributed by atoms with Crippen LogP contribution in [-0.4, -0.2) is 53.6 Å². The Labute approximate surface area is 185 Å². The fourth-order valence-corrected chi connectivity index (χ4v) is 3.76. The second-order valence-electron chi connectivity index (χ2n) is 7.64. The molecule has 0 amide bonds. The number of benzene rings is 1. The molecule has 1 aromatic carbocycles. The molecule has 8 heteroatoms. The molecule has 0 saturated heterocycles. The van der Waals surface area contributed by atoms with Gasteiger partial charge in [0.2, 0.25) is 0 Å². The zero-order valence-electron chi connectivity index (χ0n) is 19.3. The van der Waals surface area contributed by atoms with E-state index in [9.17, 15) is 0 Å². The normalized spacial score (nSPS) is 16.0. The first-order chi connectivity index (χ1) is 15.2. The molecule has 0 aliphatic carbocycles. The van der Waals surface area contributed by atoms with Gasteiger partial charge in [-0.25, -0.2) is 9.67 Å². The van der Waals surface area contributed by atoms with Crippen LogP contribution < -0.4 is 20.1 Å². The van der Waals surface area contributed by atoms with Crippen molar-refractivity contribution in [1.29, 1.82) is 0 Å². The number of aryl methyl sites for hydroxylation is 3. The Morgan fingerprint density at radius 1 is 1.26 bits per heavy atom. The van der Waals surface area contributed by atoms with Crippen molar-refractivity contribution in [2.75, 3.05) is 26.8 Å². The Hall–Kier alpha value is -2.77. The summed E-state index contributed by atoms with van der Waals surface area (Å²) in [7, 11) is 1.67. The summed E-state index contributed by atoms with van der Waals surface area (Å²) >= 11 is 0. The van der Waals surface area contributed by atoms with Crippen LogP contribution in [0.3, 0.4) is 0 Å². The van der Waals surface area contributed by atoms with Gasteiger partial charge in [-0.3, -0.25) is 4.99 Å². The van der Waals surface area contributed by atoms with E-state index in [-0.39, 0.29) is 0 Å². The number of aliphatic imine (C=N–C) groups is 1. The number of hydrogen-bond acceptors (Lipinski definition) is 5. The number of fused-ring (bicyclic) bond motifs is 1. The van der Waals surface area contributed by atoms with Gasteiger partial charge >= 0.3 is 0 Å². The van der Waals surface area contributed by atoms with Crippen LogP contribution in [0.2, 0.25) is 0 Å². The second-order valence-corrected chi connectivity index (χ2v) is 7.64. The summed E-state index contributed by atoms with van der Waals surface area (Å²) in [5.41, 5.74) is 1.23. The molecule has 0 radical (unpaired) electrons. The number of nitrogens with zero attached hydrogens (tertiary/aromatic N) is 4. The number of nitrogens with one attached hydrogen (secondary N) is 2. The first-order valence-electron chi connectivity index (χ1n) is 11.4. The highest BCUT2D eigenvalue weighted by molar-refractivity contribution is 5.80. The summed E-state index contributed by atoms with van der Waals surface area (Å²) in [6, 6.07) is 6.45. The lowest BCUT2D eigenvalue weighted by Crippen LogP contribution is -2.47. The number of rotatable bonds is 10. The van der Waals surface area contributed by atoms with E-state index in [0.717, 1.165) is 80.8 Å². The second kappa shape index (κ2) is 11.6.